The van der Waals surface area contributed by atoms with Crippen LogP contribution in [-0.2, 0) is 9.53 Å². The molecule has 0 aromatic carbocycles. The maximum atomic E-state index is 10.9. The Kier molecular flexibility index (Phi) is 2.27. The Morgan fingerprint density at radius 1 is 1.80 bits per heavy atom. The number of hydrogen-bond acceptors (Lipinski definition) is 3. The summed E-state index contributed by atoms with van der Waals surface area (Å²) in [4.78, 5) is 10.9. The lowest BCUT2D eigenvalue weighted by Crippen LogP contribution is -2.11. The van der Waals surface area contributed by atoms with Crippen LogP contribution in [0.3, 0.4) is 0 Å². The van der Waals surface area contributed by atoms with Gasteiger partial charge in [-0.15, -0.1) is 0 Å². The van der Waals surface area contributed by atoms with Crippen molar-refractivity contribution in [2.45, 2.75) is 13.3 Å². The molecule has 0 heterocycles. The van der Waals surface area contributed by atoms with Crippen molar-refractivity contribution >= 4 is 5.97 Å². The van der Waals surface area contributed by atoms with Gasteiger partial charge in [-0.3, -0.25) is 4.79 Å². The maximum Gasteiger partial charge on any atom is 0.309 e. The molecule has 0 bridgehead atoms. The van der Waals surface area contributed by atoms with E-state index >= 15 is 0 Å². The average molecular weight is 143 g/mol. The van der Waals surface area contributed by atoms with Gasteiger partial charge in [-0.05, 0) is 25.8 Å². The molecule has 0 spiro atoms. The van der Waals surface area contributed by atoms with E-state index in [1.807, 2.05) is 6.92 Å². The molecule has 0 amide bonds. The molecule has 2 N–H and O–H groups in total. The summed E-state index contributed by atoms with van der Waals surface area (Å²) in [6.07, 6.45) is 0.926. The molecular weight excluding hydrogens is 130 g/mol. The number of carbonyl (C=O) groups is 1. The van der Waals surface area contributed by atoms with E-state index in [2.05, 4.69) is 0 Å². The second kappa shape index (κ2) is 3.01. The first-order chi connectivity index (χ1) is 4.79. The molecule has 2 atom stereocenters. The van der Waals surface area contributed by atoms with Crippen LogP contribution in [-0.4, -0.2) is 19.1 Å². The Labute approximate surface area is 60.5 Å². The molecule has 0 aliphatic heterocycles. The van der Waals surface area contributed by atoms with Gasteiger partial charge < -0.3 is 10.5 Å². The van der Waals surface area contributed by atoms with E-state index in [1.54, 1.807) is 0 Å². The Balaban J connectivity index is 2.19. The van der Waals surface area contributed by atoms with E-state index in [0.717, 1.165) is 6.42 Å². The van der Waals surface area contributed by atoms with Gasteiger partial charge in [0.2, 0.25) is 0 Å². The predicted molar refractivity (Wildman–Crippen MR) is 37.3 cm³/mol. The average Bonchev–Trinajstić information content (AvgIpc) is 2.66. The van der Waals surface area contributed by atoms with Crippen LogP contribution in [0.25, 0.3) is 0 Å². The molecule has 1 saturated carbocycles. The minimum Gasteiger partial charge on any atom is -0.466 e. The standard InChI is InChI=1S/C7H13NO2/c1-2-10-7(9)6-3-5(6)4-8/h5-6H,2-4,8H2,1H3. The van der Waals surface area contributed by atoms with Crippen LogP contribution in [0.1, 0.15) is 13.3 Å². The first kappa shape index (κ1) is 7.54. The van der Waals surface area contributed by atoms with Crippen LogP contribution in [0.2, 0.25) is 0 Å². The summed E-state index contributed by atoms with van der Waals surface area (Å²) in [5.41, 5.74) is 5.35. The predicted octanol–water partition coefficient (Wildman–Crippen LogP) is 0.144. The topological polar surface area (TPSA) is 52.3 Å². The van der Waals surface area contributed by atoms with Gasteiger partial charge in [-0.1, -0.05) is 0 Å². The van der Waals surface area contributed by atoms with Crippen molar-refractivity contribution in [3.8, 4) is 0 Å². The summed E-state index contributed by atoms with van der Waals surface area (Å²) in [5.74, 6) is 0.446. The molecule has 58 valence electrons. The highest BCUT2D eigenvalue weighted by Gasteiger charge is 2.42. The van der Waals surface area contributed by atoms with Gasteiger partial charge in [-0.25, -0.2) is 0 Å². The number of hydrogen-bond donors (Lipinski definition) is 1. The maximum absolute atomic E-state index is 10.9. The van der Waals surface area contributed by atoms with Gasteiger partial charge in [0, 0.05) is 0 Å². The number of ether oxygens (including phenoxy) is 1. The normalized spacial score (nSPS) is 29.8. The summed E-state index contributed by atoms with van der Waals surface area (Å²) < 4.78 is 4.80. The van der Waals surface area contributed by atoms with E-state index in [9.17, 15) is 4.79 Å². The second-order valence-electron chi connectivity index (χ2n) is 2.59. The van der Waals surface area contributed by atoms with Crippen molar-refractivity contribution in [1.29, 1.82) is 0 Å². The van der Waals surface area contributed by atoms with Crippen molar-refractivity contribution in [1.82, 2.24) is 0 Å². The third-order valence-corrected chi connectivity index (χ3v) is 1.81. The number of esters is 1. The van der Waals surface area contributed by atoms with E-state index in [0.29, 0.717) is 19.1 Å². The zero-order chi connectivity index (χ0) is 7.56. The van der Waals surface area contributed by atoms with E-state index in [-0.39, 0.29) is 11.9 Å². The highest BCUT2D eigenvalue weighted by atomic mass is 16.5. The molecule has 2 unspecified atom stereocenters. The summed E-state index contributed by atoms with van der Waals surface area (Å²) in [6, 6.07) is 0. The van der Waals surface area contributed by atoms with E-state index in [4.69, 9.17) is 10.5 Å². The first-order valence-electron chi connectivity index (χ1n) is 3.66. The highest BCUT2D eigenvalue weighted by molar-refractivity contribution is 5.75. The fraction of sp³-hybridized carbons (Fsp3) is 0.857. The lowest BCUT2D eigenvalue weighted by atomic mass is 10.3. The van der Waals surface area contributed by atoms with Crippen LogP contribution in [0, 0.1) is 11.8 Å². The van der Waals surface area contributed by atoms with Crippen LogP contribution in [0.15, 0.2) is 0 Å². The van der Waals surface area contributed by atoms with Crippen molar-refractivity contribution in [3.63, 3.8) is 0 Å². The lowest BCUT2D eigenvalue weighted by molar-refractivity contribution is -0.145. The largest absolute Gasteiger partial charge is 0.466 e. The summed E-state index contributed by atoms with van der Waals surface area (Å²) in [7, 11) is 0. The molecule has 0 aromatic rings. The molecule has 1 aliphatic rings. The number of carbonyl (C=O) groups excluding carboxylic acids is 1. The van der Waals surface area contributed by atoms with Gasteiger partial charge in [-0.2, -0.15) is 0 Å². The molecule has 10 heavy (non-hydrogen) atoms. The highest BCUT2D eigenvalue weighted by Crippen LogP contribution is 2.38. The van der Waals surface area contributed by atoms with Crippen molar-refractivity contribution in [2.75, 3.05) is 13.2 Å². The van der Waals surface area contributed by atoms with Gasteiger partial charge in [0.05, 0.1) is 12.5 Å². The monoisotopic (exact) mass is 143 g/mol. The summed E-state index contributed by atoms with van der Waals surface area (Å²) in [6.45, 7) is 2.91. The molecule has 3 heteroatoms. The van der Waals surface area contributed by atoms with Crippen molar-refractivity contribution < 1.29 is 9.53 Å². The van der Waals surface area contributed by atoms with Crippen LogP contribution < -0.4 is 5.73 Å². The summed E-state index contributed by atoms with van der Waals surface area (Å²) >= 11 is 0. The molecule has 0 aromatic heterocycles. The Bertz CT molecular complexity index is 136. The van der Waals surface area contributed by atoms with Crippen LogP contribution in [0.5, 0.6) is 0 Å². The van der Waals surface area contributed by atoms with Crippen molar-refractivity contribution in [3.05, 3.63) is 0 Å². The number of rotatable bonds is 3. The Morgan fingerprint density at radius 2 is 2.50 bits per heavy atom. The smallest absolute Gasteiger partial charge is 0.309 e. The van der Waals surface area contributed by atoms with Gasteiger partial charge in [0.25, 0.3) is 0 Å². The molecule has 1 rings (SSSR count). The molecule has 3 nitrogen and oxygen atoms in total. The SMILES string of the molecule is CCOC(=O)C1CC1CN. The van der Waals surface area contributed by atoms with E-state index in [1.165, 1.54) is 0 Å². The van der Waals surface area contributed by atoms with Gasteiger partial charge >= 0.3 is 5.97 Å². The zero-order valence-electron chi connectivity index (χ0n) is 6.17. The molecule has 1 fully saturated rings. The molecular formula is C7H13NO2. The van der Waals surface area contributed by atoms with Gasteiger partial charge in [0.1, 0.15) is 0 Å². The quantitative estimate of drug-likeness (QED) is 0.572. The third-order valence-electron chi connectivity index (χ3n) is 1.81. The molecule has 1 aliphatic carbocycles. The van der Waals surface area contributed by atoms with Crippen LogP contribution >= 0.6 is 0 Å². The third kappa shape index (κ3) is 1.48. The molecule has 0 saturated heterocycles. The fourth-order valence-corrected chi connectivity index (χ4v) is 1.05. The second-order valence-corrected chi connectivity index (χ2v) is 2.59. The zero-order valence-corrected chi connectivity index (χ0v) is 6.17. The lowest BCUT2D eigenvalue weighted by Gasteiger charge is -1.97. The minimum absolute atomic E-state index is 0.0713. The minimum atomic E-state index is -0.0713. The van der Waals surface area contributed by atoms with E-state index < -0.39 is 0 Å². The summed E-state index contributed by atoms with van der Waals surface area (Å²) in [5, 5.41) is 0. The number of nitrogens with two attached hydrogens (primary N) is 1. The van der Waals surface area contributed by atoms with Gasteiger partial charge in [0.15, 0.2) is 0 Å². The first-order valence-corrected chi connectivity index (χ1v) is 3.66. The van der Waals surface area contributed by atoms with Crippen LogP contribution in [0.4, 0.5) is 0 Å². The fourth-order valence-electron chi connectivity index (χ4n) is 1.05. The Morgan fingerprint density at radius 3 is 2.90 bits per heavy atom. The Hall–Kier alpha value is -0.570. The van der Waals surface area contributed by atoms with Crippen molar-refractivity contribution in [2.24, 2.45) is 17.6 Å². The molecule has 0 radical (unpaired) electrons.